The molecule has 25 heavy (non-hydrogen) atoms. The molecular weight excluding hydrogens is 336 g/mol. The predicted octanol–water partition coefficient (Wildman–Crippen LogP) is 3.93. The van der Waals surface area contributed by atoms with Crippen LogP contribution >= 0.6 is 11.6 Å². The Morgan fingerprint density at radius 2 is 1.96 bits per heavy atom. The summed E-state index contributed by atoms with van der Waals surface area (Å²) in [4.78, 5) is 2.26. The minimum atomic E-state index is 0.407. The summed E-state index contributed by atoms with van der Waals surface area (Å²) >= 11 is 6.24. The Morgan fingerprint density at radius 3 is 2.72 bits per heavy atom. The van der Waals surface area contributed by atoms with Gasteiger partial charge in [0.25, 0.3) is 0 Å². The molecule has 2 aliphatic rings. The van der Waals surface area contributed by atoms with Crippen molar-refractivity contribution in [3.05, 3.63) is 40.4 Å². The molecule has 1 aliphatic heterocycles. The van der Waals surface area contributed by atoms with Crippen molar-refractivity contribution in [3.8, 4) is 5.69 Å². The molecule has 4 rings (SSSR count). The van der Waals surface area contributed by atoms with Crippen molar-refractivity contribution >= 4 is 11.6 Å². The lowest BCUT2D eigenvalue weighted by atomic mass is 9.86. The molecule has 0 radical (unpaired) electrons. The quantitative estimate of drug-likeness (QED) is 0.831. The third-order valence-electron chi connectivity index (χ3n) is 5.33. The van der Waals surface area contributed by atoms with Gasteiger partial charge in [-0.3, -0.25) is 9.47 Å². The van der Waals surface area contributed by atoms with Crippen LogP contribution in [0.15, 0.2) is 18.2 Å². The van der Waals surface area contributed by atoms with Crippen molar-refractivity contribution in [3.63, 3.8) is 0 Å². The summed E-state index contributed by atoms with van der Waals surface area (Å²) in [6.45, 7) is 4.54. The molecule has 0 amide bonds. The SMILES string of the molecule is CCO[C@H]1CC[C@@H](c2nnc3n2-c2ccc(Cl)cc2CN(C)C3)CC1. The van der Waals surface area contributed by atoms with Gasteiger partial charge in [-0.15, -0.1) is 10.2 Å². The molecule has 1 aliphatic carbocycles. The molecule has 1 fully saturated rings. The van der Waals surface area contributed by atoms with Gasteiger partial charge in [0.2, 0.25) is 0 Å². The highest BCUT2D eigenvalue weighted by atomic mass is 35.5. The molecule has 134 valence electrons. The normalized spacial score (nSPS) is 23.8. The van der Waals surface area contributed by atoms with Gasteiger partial charge in [-0.2, -0.15) is 0 Å². The van der Waals surface area contributed by atoms with Crippen LogP contribution in [0.25, 0.3) is 5.69 Å². The number of rotatable bonds is 3. The first-order chi connectivity index (χ1) is 12.2. The van der Waals surface area contributed by atoms with Crippen LogP contribution in [0.5, 0.6) is 0 Å². The summed E-state index contributed by atoms with van der Waals surface area (Å²) in [7, 11) is 2.11. The van der Waals surface area contributed by atoms with Crippen molar-refractivity contribution in [1.82, 2.24) is 19.7 Å². The van der Waals surface area contributed by atoms with E-state index in [1.165, 1.54) is 11.3 Å². The first-order valence-corrected chi connectivity index (χ1v) is 9.56. The fourth-order valence-corrected chi connectivity index (χ4v) is 4.36. The van der Waals surface area contributed by atoms with E-state index in [9.17, 15) is 0 Å². The van der Waals surface area contributed by atoms with E-state index in [1.807, 2.05) is 6.07 Å². The predicted molar refractivity (Wildman–Crippen MR) is 98.2 cm³/mol. The summed E-state index contributed by atoms with van der Waals surface area (Å²) < 4.78 is 8.08. The highest BCUT2D eigenvalue weighted by Gasteiger charge is 2.30. The van der Waals surface area contributed by atoms with Crippen LogP contribution in [0.3, 0.4) is 0 Å². The van der Waals surface area contributed by atoms with Crippen LogP contribution < -0.4 is 0 Å². The van der Waals surface area contributed by atoms with Gasteiger partial charge in [-0.05, 0) is 63.4 Å². The number of hydrogen-bond donors (Lipinski definition) is 0. The molecule has 2 aromatic rings. The Hall–Kier alpha value is -1.43. The van der Waals surface area contributed by atoms with Gasteiger partial charge < -0.3 is 4.74 Å². The van der Waals surface area contributed by atoms with E-state index in [4.69, 9.17) is 16.3 Å². The van der Waals surface area contributed by atoms with Crippen LogP contribution in [0, 0.1) is 0 Å². The maximum absolute atomic E-state index is 6.24. The smallest absolute Gasteiger partial charge is 0.151 e. The molecule has 0 spiro atoms. The van der Waals surface area contributed by atoms with Crippen molar-refractivity contribution in [2.45, 2.75) is 57.7 Å². The van der Waals surface area contributed by atoms with Gasteiger partial charge in [-0.1, -0.05) is 11.6 Å². The summed E-state index contributed by atoms with van der Waals surface area (Å²) in [5.41, 5.74) is 2.41. The van der Waals surface area contributed by atoms with Crippen molar-refractivity contribution in [1.29, 1.82) is 0 Å². The van der Waals surface area contributed by atoms with Crippen molar-refractivity contribution in [2.24, 2.45) is 0 Å². The number of aromatic nitrogens is 3. The molecule has 2 heterocycles. The number of ether oxygens (including phenoxy) is 1. The zero-order chi connectivity index (χ0) is 17.4. The van der Waals surface area contributed by atoms with Crippen molar-refractivity contribution < 1.29 is 4.74 Å². The number of benzene rings is 1. The molecule has 0 atom stereocenters. The van der Waals surface area contributed by atoms with Crippen LogP contribution in [-0.2, 0) is 17.8 Å². The Balaban J connectivity index is 1.69. The summed E-state index contributed by atoms with van der Waals surface area (Å²) in [6, 6.07) is 6.14. The van der Waals surface area contributed by atoms with Gasteiger partial charge in [0, 0.05) is 24.1 Å². The van der Waals surface area contributed by atoms with Gasteiger partial charge >= 0.3 is 0 Å². The fourth-order valence-electron chi connectivity index (χ4n) is 4.17. The second-order valence-corrected chi connectivity index (χ2v) is 7.62. The summed E-state index contributed by atoms with van der Waals surface area (Å²) in [6.07, 6.45) is 4.84. The molecule has 0 N–H and O–H groups in total. The lowest BCUT2D eigenvalue weighted by molar-refractivity contribution is 0.0321. The van der Waals surface area contributed by atoms with Crippen LogP contribution in [-0.4, -0.2) is 39.4 Å². The Morgan fingerprint density at radius 1 is 1.16 bits per heavy atom. The largest absolute Gasteiger partial charge is 0.379 e. The fraction of sp³-hybridized carbons (Fsp3) is 0.579. The first-order valence-electron chi connectivity index (χ1n) is 9.18. The second kappa shape index (κ2) is 7.06. The highest BCUT2D eigenvalue weighted by molar-refractivity contribution is 6.30. The van der Waals surface area contributed by atoms with Crippen LogP contribution in [0.1, 0.15) is 55.7 Å². The zero-order valence-electron chi connectivity index (χ0n) is 14.9. The van der Waals surface area contributed by atoms with Crippen LogP contribution in [0.4, 0.5) is 0 Å². The number of halogens is 1. The molecular formula is C19H25ClN4O. The molecule has 1 aromatic carbocycles. The van der Waals surface area contributed by atoms with Gasteiger partial charge in [-0.25, -0.2) is 0 Å². The number of fused-ring (bicyclic) bond motifs is 3. The van der Waals surface area contributed by atoms with E-state index in [1.54, 1.807) is 0 Å². The summed E-state index contributed by atoms with van der Waals surface area (Å²) in [5, 5.41) is 9.91. The number of hydrogen-bond acceptors (Lipinski definition) is 4. The molecule has 1 aromatic heterocycles. The maximum atomic E-state index is 6.24. The second-order valence-electron chi connectivity index (χ2n) is 7.18. The third kappa shape index (κ3) is 3.33. The van der Waals surface area contributed by atoms with Gasteiger partial charge in [0.15, 0.2) is 5.82 Å². The summed E-state index contributed by atoms with van der Waals surface area (Å²) in [5.74, 6) is 2.57. The Bertz CT molecular complexity index is 752. The first kappa shape index (κ1) is 17.0. The number of nitrogens with zero attached hydrogens (tertiary/aromatic N) is 4. The van der Waals surface area contributed by atoms with Crippen LogP contribution in [0.2, 0.25) is 5.02 Å². The third-order valence-corrected chi connectivity index (χ3v) is 5.57. The highest BCUT2D eigenvalue weighted by Crippen LogP contribution is 2.36. The van der Waals surface area contributed by atoms with E-state index in [0.29, 0.717) is 12.0 Å². The lowest BCUT2D eigenvalue weighted by Crippen LogP contribution is -2.22. The molecule has 0 unspecified atom stereocenters. The van der Waals surface area contributed by atoms with E-state index in [0.717, 1.165) is 62.1 Å². The maximum Gasteiger partial charge on any atom is 0.151 e. The van der Waals surface area contributed by atoms with Gasteiger partial charge in [0.1, 0.15) is 5.82 Å². The monoisotopic (exact) mass is 360 g/mol. The zero-order valence-corrected chi connectivity index (χ0v) is 15.7. The minimum absolute atomic E-state index is 0.407. The van der Waals surface area contributed by atoms with E-state index >= 15 is 0 Å². The standard InChI is InChI=1S/C19H25ClN4O/c1-3-25-16-7-4-13(5-8-16)19-22-21-18-12-23(2)11-14-10-15(20)6-9-17(14)24(18)19/h6,9-10,13,16H,3-5,7-8,11-12H2,1-2H3/t13-,16+. The molecule has 0 saturated heterocycles. The Kier molecular flexibility index (Phi) is 4.80. The lowest BCUT2D eigenvalue weighted by Gasteiger charge is -2.28. The molecule has 6 heteroatoms. The Labute approximate surface area is 153 Å². The van der Waals surface area contributed by atoms with E-state index in [-0.39, 0.29) is 0 Å². The minimum Gasteiger partial charge on any atom is -0.379 e. The van der Waals surface area contributed by atoms with Crippen molar-refractivity contribution in [2.75, 3.05) is 13.7 Å². The molecule has 0 bridgehead atoms. The van der Waals surface area contributed by atoms with E-state index < -0.39 is 0 Å². The van der Waals surface area contributed by atoms with E-state index in [2.05, 4.69) is 45.8 Å². The van der Waals surface area contributed by atoms with Gasteiger partial charge in [0.05, 0.1) is 18.3 Å². The average Bonchev–Trinajstić information content (AvgIpc) is 2.93. The average molecular weight is 361 g/mol. The topological polar surface area (TPSA) is 43.2 Å². The molecule has 5 nitrogen and oxygen atoms in total. The molecule has 1 saturated carbocycles.